The Labute approximate surface area is 148 Å². The second kappa shape index (κ2) is 7.28. The van der Waals surface area contributed by atoms with Crippen LogP contribution in [0.4, 0.5) is 0 Å². The van der Waals surface area contributed by atoms with Gasteiger partial charge in [-0.15, -0.1) is 0 Å². The van der Waals surface area contributed by atoms with Crippen LogP contribution in [-0.2, 0) is 16.1 Å². The Morgan fingerprint density at radius 3 is 2.80 bits per heavy atom. The summed E-state index contributed by atoms with van der Waals surface area (Å²) >= 11 is 0. The zero-order valence-electron chi connectivity index (χ0n) is 14.3. The summed E-state index contributed by atoms with van der Waals surface area (Å²) in [5.74, 6) is 1.31. The van der Waals surface area contributed by atoms with Gasteiger partial charge in [0.2, 0.25) is 5.91 Å². The van der Waals surface area contributed by atoms with Crippen LogP contribution in [0.15, 0.2) is 54.6 Å². The van der Waals surface area contributed by atoms with E-state index >= 15 is 0 Å². The number of carbonyl (C=O) groups excluding carboxylic acids is 1. The number of ether oxygens (including phenoxy) is 2. The Balaban J connectivity index is 1.28. The van der Waals surface area contributed by atoms with E-state index in [0.717, 1.165) is 30.8 Å². The van der Waals surface area contributed by atoms with Gasteiger partial charge in [-0.05, 0) is 18.1 Å². The van der Waals surface area contributed by atoms with Crippen molar-refractivity contribution in [2.45, 2.75) is 18.9 Å². The van der Waals surface area contributed by atoms with Crippen molar-refractivity contribution in [3.05, 3.63) is 65.7 Å². The highest BCUT2D eigenvalue weighted by Crippen LogP contribution is 2.35. The van der Waals surface area contributed by atoms with Crippen LogP contribution in [0.1, 0.15) is 23.5 Å². The first kappa shape index (κ1) is 16.2. The second-order valence-electron chi connectivity index (χ2n) is 6.84. The van der Waals surface area contributed by atoms with Gasteiger partial charge in [-0.25, -0.2) is 0 Å². The smallest absolute Gasteiger partial charge is 0.233 e. The van der Waals surface area contributed by atoms with Crippen molar-refractivity contribution in [3.8, 4) is 5.75 Å². The minimum absolute atomic E-state index is 0.153. The molecule has 0 aliphatic carbocycles. The molecule has 0 saturated carbocycles. The van der Waals surface area contributed by atoms with E-state index in [9.17, 15) is 4.79 Å². The van der Waals surface area contributed by atoms with Crippen LogP contribution in [0, 0.1) is 5.92 Å². The molecule has 2 aromatic carbocycles. The van der Waals surface area contributed by atoms with Crippen molar-refractivity contribution < 1.29 is 14.3 Å². The van der Waals surface area contributed by atoms with Crippen LogP contribution in [0.5, 0.6) is 5.75 Å². The van der Waals surface area contributed by atoms with E-state index in [2.05, 4.69) is 12.1 Å². The van der Waals surface area contributed by atoms with Crippen LogP contribution >= 0.6 is 0 Å². The molecule has 0 unspecified atom stereocenters. The molecule has 130 valence electrons. The van der Waals surface area contributed by atoms with Crippen molar-refractivity contribution in [2.24, 2.45) is 5.92 Å². The molecule has 0 bridgehead atoms. The number of fused-ring (bicyclic) bond motifs is 1. The van der Waals surface area contributed by atoms with Crippen LogP contribution in [0.25, 0.3) is 0 Å². The number of benzene rings is 2. The van der Waals surface area contributed by atoms with Crippen LogP contribution in [0.2, 0.25) is 0 Å². The molecule has 2 atom stereocenters. The van der Waals surface area contributed by atoms with Gasteiger partial charge in [0.15, 0.2) is 0 Å². The summed E-state index contributed by atoms with van der Waals surface area (Å²) in [6, 6.07) is 18.1. The van der Waals surface area contributed by atoms with Gasteiger partial charge in [-0.3, -0.25) is 4.79 Å². The maximum absolute atomic E-state index is 12.9. The van der Waals surface area contributed by atoms with E-state index in [1.54, 1.807) is 0 Å². The lowest BCUT2D eigenvalue weighted by atomic mass is 10.00. The average Bonchev–Trinajstić information content (AvgIpc) is 3.29. The Kier molecular flexibility index (Phi) is 4.70. The largest absolute Gasteiger partial charge is 0.492 e. The molecule has 0 radical (unpaired) electrons. The molecule has 1 saturated heterocycles. The molecular weight excluding hydrogens is 314 g/mol. The van der Waals surface area contributed by atoms with Crippen molar-refractivity contribution >= 4 is 5.91 Å². The predicted octanol–water partition coefficient (Wildman–Crippen LogP) is 3.23. The standard InChI is InChI=1S/C21H23NO3/c23-21(19-15-25-20-9-5-4-8-18(19)20)22-11-10-17(12-22)14-24-13-16-6-2-1-3-7-16/h1-9,17,19H,10-15H2/t17-,19-/m0/s1. The number of hydrogen-bond donors (Lipinski definition) is 0. The van der Waals surface area contributed by atoms with Gasteiger partial charge in [0.25, 0.3) is 0 Å². The number of likely N-dealkylation sites (tertiary alicyclic amines) is 1. The molecular formula is C21H23NO3. The molecule has 0 spiro atoms. The fraction of sp³-hybridized carbons (Fsp3) is 0.381. The summed E-state index contributed by atoms with van der Waals surface area (Å²) in [5, 5.41) is 0. The maximum atomic E-state index is 12.9. The number of para-hydroxylation sites is 1. The number of carbonyl (C=O) groups is 1. The van der Waals surface area contributed by atoms with Crippen molar-refractivity contribution in [2.75, 3.05) is 26.3 Å². The summed E-state index contributed by atoms with van der Waals surface area (Å²) in [4.78, 5) is 14.8. The van der Waals surface area contributed by atoms with Crippen molar-refractivity contribution in [1.82, 2.24) is 4.90 Å². The minimum atomic E-state index is -0.153. The number of rotatable bonds is 5. The van der Waals surface area contributed by atoms with Gasteiger partial charge in [-0.2, -0.15) is 0 Å². The first-order chi connectivity index (χ1) is 12.3. The highest BCUT2D eigenvalue weighted by molar-refractivity contribution is 5.85. The maximum Gasteiger partial charge on any atom is 0.233 e. The van der Waals surface area contributed by atoms with Gasteiger partial charge in [0, 0.05) is 24.6 Å². The molecule has 2 aromatic rings. The van der Waals surface area contributed by atoms with Crippen LogP contribution in [-0.4, -0.2) is 37.1 Å². The van der Waals surface area contributed by atoms with E-state index in [0.29, 0.717) is 25.7 Å². The highest BCUT2D eigenvalue weighted by atomic mass is 16.5. The molecule has 0 N–H and O–H groups in total. The van der Waals surface area contributed by atoms with Gasteiger partial charge < -0.3 is 14.4 Å². The quantitative estimate of drug-likeness (QED) is 0.841. The second-order valence-corrected chi connectivity index (χ2v) is 6.84. The molecule has 4 heteroatoms. The zero-order valence-corrected chi connectivity index (χ0v) is 14.3. The highest BCUT2D eigenvalue weighted by Gasteiger charge is 2.36. The molecule has 0 aromatic heterocycles. The normalized spacial score (nSPS) is 21.8. The summed E-state index contributed by atoms with van der Waals surface area (Å²) < 4.78 is 11.5. The molecule has 2 aliphatic heterocycles. The fourth-order valence-corrected chi connectivity index (χ4v) is 3.67. The van der Waals surface area contributed by atoms with Crippen molar-refractivity contribution in [3.63, 3.8) is 0 Å². The van der Waals surface area contributed by atoms with Crippen LogP contribution in [0.3, 0.4) is 0 Å². The summed E-state index contributed by atoms with van der Waals surface area (Å²) in [6.45, 7) is 3.40. The van der Waals surface area contributed by atoms with E-state index in [1.165, 1.54) is 5.56 Å². The van der Waals surface area contributed by atoms with E-state index in [1.807, 2.05) is 47.4 Å². The fourth-order valence-electron chi connectivity index (χ4n) is 3.67. The molecule has 1 amide bonds. The van der Waals surface area contributed by atoms with Gasteiger partial charge >= 0.3 is 0 Å². The third-order valence-corrected chi connectivity index (χ3v) is 5.06. The minimum Gasteiger partial charge on any atom is -0.492 e. The third kappa shape index (κ3) is 3.54. The average molecular weight is 337 g/mol. The molecule has 4 nitrogen and oxygen atoms in total. The van der Waals surface area contributed by atoms with Crippen molar-refractivity contribution in [1.29, 1.82) is 0 Å². The number of nitrogens with zero attached hydrogens (tertiary/aromatic N) is 1. The zero-order chi connectivity index (χ0) is 17.1. The lowest BCUT2D eigenvalue weighted by Gasteiger charge is -2.20. The van der Waals surface area contributed by atoms with Gasteiger partial charge in [-0.1, -0.05) is 48.5 Å². The first-order valence-electron chi connectivity index (χ1n) is 8.93. The summed E-state index contributed by atoms with van der Waals surface area (Å²) in [6.07, 6.45) is 1.01. The third-order valence-electron chi connectivity index (χ3n) is 5.06. The lowest BCUT2D eigenvalue weighted by Crippen LogP contribution is -2.34. The van der Waals surface area contributed by atoms with E-state index in [-0.39, 0.29) is 11.8 Å². The van der Waals surface area contributed by atoms with Gasteiger partial charge in [0.05, 0.1) is 13.2 Å². The lowest BCUT2D eigenvalue weighted by molar-refractivity contribution is -0.132. The Morgan fingerprint density at radius 1 is 1.12 bits per heavy atom. The molecule has 25 heavy (non-hydrogen) atoms. The van der Waals surface area contributed by atoms with E-state index in [4.69, 9.17) is 9.47 Å². The molecule has 1 fully saturated rings. The summed E-state index contributed by atoms with van der Waals surface area (Å²) in [5.41, 5.74) is 2.21. The van der Waals surface area contributed by atoms with Crippen LogP contribution < -0.4 is 4.74 Å². The number of amides is 1. The molecule has 2 heterocycles. The number of hydrogen-bond acceptors (Lipinski definition) is 3. The monoisotopic (exact) mass is 337 g/mol. The SMILES string of the molecule is O=C([C@H]1COc2ccccc21)N1CC[C@H](COCc2ccccc2)C1. The Hall–Kier alpha value is -2.33. The topological polar surface area (TPSA) is 38.8 Å². The Bertz CT molecular complexity index is 731. The molecule has 2 aliphatic rings. The summed E-state index contributed by atoms with van der Waals surface area (Å²) in [7, 11) is 0. The molecule has 4 rings (SSSR count). The Morgan fingerprint density at radius 2 is 1.92 bits per heavy atom. The van der Waals surface area contributed by atoms with Gasteiger partial charge in [0.1, 0.15) is 18.3 Å². The van der Waals surface area contributed by atoms with E-state index < -0.39 is 0 Å². The first-order valence-corrected chi connectivity index (χ1v) is 8.93. The predicted molar refractivity (Wildman–Crippen MR) is 95.5 cm³/mol.